The molecule has 4 nitrogen and oxygen atoms in total. The third kappa shape index (κ3) is 3.19. The van der Waals surface area contributed by atoms with Crippen LogP contribution in [0, 0.1) is 0 Å². The molecule has 0 saturated carbocycles. The van der Waals surface area contributed by atoms with Crippen LogP contribution in [-0.2, 0) is 4.74 Å². The standard InChI is InChI=1S/C12H10F4O4/c13-11(14)12(15,16)5-18-4-8(17)7-1-2-9-10(3-7)20-6-19-9/h1-3,11H,4-6H2. The molecule has 20 heavy (non-hydrogen) atoms. The molecule has 0 spiro atoms. The number of alkyl halides is 4. The number of hydrogen-bond acceptors (Lipinski definition) is 4. The van der Waals surface area contributed by atoms with Crippen molar-refractivity contribution in [1.29, 1.82) is 0 Å². The van der Waals surface area contributed by atoms with Crippen molar-refractivity contribution in [2.24, 2.45) is 0 Å². The third-order valence-electron chi connectivity index (χ3n) is 2.54. The first-order chi connectivity index (χ1) is 9.40. The fourth-order valence-corrected chi connectivity index (χ4v) is 1.50. The van der Waals surface area contributed by atoms with Crippen molar-refractivity contribution in [1.82, 2.24) is 0 Å². The summed E-state index contributed by atoms with van der Waals surface area (Å²) in [7, 11) is 0. The van der Waals surface area contributed by atoms with Crippen molar-refractivity contribution in [3.8, 4) is 11.5 Å². The van der Waals surface area contributed by atoms with Crippen molar-refractivity contribution >= 4 is 5.78 Å². The highest BCUT2D eigenvalue weighted by molar-refractivity contribution is 5.97. The number of halogens is 4. The van der Waals surface area contributed by atoms with E-state index in [9.17, 15) is 22.4 Å². The molecule has 0 radical (unpaired) electrons. The van der Waals surface area contributed by atoms with E-state index in [0.29, 0.717) is 11.5 Å². The first-order valence-corrected chi connectivity index (χ1v) is 5.57. The lowest BCUT2D eigenvalue weighted by Crippen LogP contribution is -2.33. The second-order valence-corrected chi connectivity index (χ2v) is 4.05. The van der Waals surface area contributed by atoms with E-state index in [2.05, 4.69) is 4.74 Å². The van der Waals surface area contributed by atoms with E-state index in [-0.39, 0.29) is 12.4 Å². The molecule has 0 atom stereocenters. The molecule has 1 aromatic rings. The highest BCUT2D eigenvalue weighted by atomic mass is 19.3. The summed E-state index contributed by atoms with van der Waals surface area (Å²) in [4.78, 5) is 11.6. The van der Waals surface area contributed by atoms with Gasteiger partial charge in [0, 0.05) is 5.56 Å². The Labute approximate surface area is 111 Å². The highest BCUT2D eigenvalue weighted by Crippen LogP contribution is 2.32. The number of ether oxygens (including phenoxy) is 3. The number of carbonyl (C=O) groups is 1. The van der Waals surface area contributed by atoms with Gasteiger partial charge in [-0.2, -0.15) is 8.78 Å². The Hall–Kier alpha value is -1.83. The molecule has 1 heterocycles. The van der Waals surface area contributed by atoms with Crippen LogP contribution in [0.4, 0.5) is 17.6 Å². The second-order valence-electron chi connectivity index (χ2n) is 4.05. The minimum absolute atomic E-state index is 0.0318. The van der Waals surface area contributed by atoms with Crippen molar-refractivity contribution < 1.29 is 36.6 Å². The summed E-state index contributed by atoms with van der Waals surface area (Å²) in [5.74, 6) is -4.07. The normalized spacial score (nSPS) is 13.8. The van der Waals surface area contributed by atoms with E-state index in [4.69, 9.17) is 9.47 Å². The van der Waals surface area contributed by atoms with Crippen LogP contribution in [-0.4, -0.2) is 38.1 Å². The summed E-state index contributed by atoms with van der Waals surface area (Å²) in [5, 5.41) is 0. The molecule has 8 heteroatoms. The van der Waals surface area contributed by atoms with Crippen molar-refractivity contribution in [2.45, 2.75) is 12.3 Å². The van der Waals surface area contributed by atoms with Crippen LogP contribution in [0.1, 0.15) is 10.4 Å². The van der Waals surface area contributed by atoms with Crippen LogP contribution in [0.3, 0.4) is 0 Å². The smallest absolute Gasteiger partial charge is 0.330 e. The van der Waals surface area contributed by atoms with E-state index in [1.807, 2.05) is 0 Å². The molecular weight excluding hydrogens is 284 g/mol. The van der Waals surface area contributed by atoms with Crippen LogP contribution in [0.25, 0.3) is 0 Å². The monoisotopic (exact) mass is 294 g/mol. The van der Waals surface area contributed by atoms with Crippen LogP contribution in [0.2, 0.25) is 0 Å². The zero-order chi connectivity index (χ0) is 14.8. The zero-order valence-corrected chi connectivity index (χ0v) is 10.1. The van der Waals surface area contributed by atoms with E-state index in [1.54, 1.807) is 0 Å². The predicted molar refractivity (Wildman–Crippen MR) is 58.7 cm³/mol. The first kappa shape index (κ1) is 14.6. The molecule has 0 saturated heterocycles. The van der Waals surface area contributed by atoms with Gasteiger partial charge in [-0.05, 0) is 18.2 Å². The average Bonchev–Trinajstić information content (AvgIpc) is 2.85. The average molecular weight is 294 g/mol. The van der Waals surface area contributed by atoms with Gasteiger partial charge in [0.15, 0.2) is 17.3 Å². The van der Waals surface area contributed by atoms with E-state index < -0.39 is 31.3 Å². The predicted octanol–water partition coefficient (Wildman–Crippen LogP) is 2.52. The molecule has 0 fully saturated rings. The molecule has 1 aromatic carbocycles. The maximum atomic E-state index is 12.6. The maximum Gasteiger partial charge on any atom is 0.330 e. The van der Waals surface area contributed by atoms with Gasteiger partial charge in [-0.25, -0.2) is 8.78 Å². The SMILES string of the molecule is O=C(COCC(F)(F)C(F)F)c1ccc2c(c1)OCO2. The van der Waals surface area contributed by atoms with Crippen LogP contribution in [0.5, 0.6) is 11.5 Å². The lowest BCUT2D eigenvalue weighted by molar-refractivity contribution is -0.163. The molecule has 0 N–H and O–H groups in total. The molecule has 0 unspecified atom stereocenters. The summed E-state index contributed by atoms with van der Waals surface area (Å²) in [6.07, 6.45) is -3.83. The van der Waals surface area contributed by atoms with Gasteiger partial charge in [0.2, 0.25) is 6.79 Å². The Morgan fingerprint density at radius 1 is 1.30 bits per heavy atom. The van der Waals surface area contributed by atoms with Gasteiger partial charge in [0.05, 0.1) is 0 Å². The second kappa shape index (κ2) is 5.66. The summed E-state index contributed by atoms with van der Waals surface area (Å²) in [6, 6.07) is 4.27. The third-order valence-corrected chi connectivity index (χ3v) is 2.54. The highest BCUT2D eigenvalue weighted by Gasteiger charge is 2.41. The minimum atomic E-state index is -4.27. The lowest BCUT2D eigenvalue weighted by atomic mass is 10.1. The fourth-order valence-electron chi connectivity index (χ4n) is 1.50. The number of fused-ring (bicyclic) bond motifs is 1. The number of rotatable bonds is 6. The molecule has 0 aromatic heterocycles. The molecule has 110 valence electrons. The van der Waals surface area contributed by atoms with Gasteiger partial charge in [-0.15, -0.1) is 0 Å². The molecule has 1 aliphatic rings. The lowest BCUT2D eigenvalue weighted by Gasteiger charge is -2.14. The molecule has 0 aliphatic carbocycles. The van der Waals surface area contributed by atoms with Gasteiger partial charge in [0.25, 0.3) is 0 Å². The molecule has 0 bridgehead atoms. The zero-order valence-electron chi connectivity index (χ0n) is 10.1. The van der Waals surface area contributed by atoms with E-state index in [1.165, 1.54) is 18.2 Å². The minimum Gasteiger partial charge on any atom is -0.454 e. The number of ketones is 1. The maximum absolute atomic E-state index is 12.6. The van der Waals surface area contributed by atoms with Crippen molar-refractivity contribution in [2.75, 3.05) is 20.0 Å². The number of hydrogen-bond donors (Lipinski definition) is 0. The van der Waals surface area contributed by atoms with Crippen LogP contribution in [0.15, 0.2) is 18.2 Å². The summed E-state index contributed by atoms with van der Waals surface area (Å²) in [6.45, 7) is -2.20. The fraction of sp³-hybridized carbons (Fsp3) is 0.417. The summed E-state index contributed by atoms with van der Waals surface area (Å²) < 4.78 is 63.3. The molecule has 0 amide bonds. The van der Waals surface area contributed by atoms with Gasteiger partial charge in [0.1, 0.15) is 13.2 Å². The topological polar surface area (TPSA) is 44.8 Å². The van der Waals surface area contributed by atoms with E-state index >= 15 is 0 Å². The van der Waals surface area contributed by atoms with Crippen molar-refractivity contribution in [3.63, 3.8) is 0 Å². The quantitative estimate of drug-likeness (QED) is 0.597. The Morgan fingerprint density at radius 2 is 2.00 bits per heavy atom. The molecule has 1 aliphatic heterocycles. The summed E-state index contributed by atoms with van der Waals surface area (Å²) >= 11 is 0. The first-order valence-electron chi connectivity index (χ1n) is 5.57. The van der Waals surface area contributed by atoms with E-state index in [0.717, 1.165) is 0 Å². The Balaban J connectivity index is 1.89. The van der Waals surface area contributed by atoms with Gasteiger partial charge in [-0.3, -0.25) is 4.79 Å². The van der Waals surface area contributed by atoms with Gasteiger partial charge >= 0.3 is 12.3 Å². The van der Waals surface area contributed by atoms with Crippen LogP contribution >= 0.6 is 0 Å². The number of Topliss-reactive ketones (excluding diaryl/α,β-unsaturated/α-hetero) is 1. The van der Waals surface area contributed by atoms with Gasteiger partial charge < -0.3 is 14.2 Å². The largest absolute Gasteiger partial charge is 0.454 e. The van der Waals surface area contributed by atoms with Gasteiger partial charge in [-0.1, -0.05) is 0 Å². The summed E-state index contributed by atoms with van der Waals surface area (Å²) in [5.41, 5.74) is 0.162. The Bertz CT molecular complexity index is 504. The molecule has 2 rings (SSSR count). The number of carbonyl (C=O) groups excluding carboxylic acids is 1. The van der Waals surface area contributed by atoms with Crippen LogP contribution < -0.4 is 9.47 Å². The number of benzene rings is 1. The Morgan fingerprint density at radius 3 is 2.70 bits per heavy atom. The van der Waals surface area contributed by atoms with Crippen molar-refractivity contribution in [3.05, 3.63) is 23.8 Å². The Kier molecular flexibility index (Phi) is 4.12. The molecular formula is C12H10F4O4.